The zero-order valence-electron chi connectivity index (χ0n) is 13.1. The number of nitrogens with zero attached hydrogens (tertiary/aromatic N) is 2. The third-order valence-corrected chi connectivity index (χ3v) is 4.91. The van der Waals surface area contributed by atoms with Crippen LogP contribution in [0.25, 0.3) is 0 Å². The van der Waals surface area contributed by atoms with Crippen molar-refractivity contribution in [2.24, 2.45) is 17.8 Å². The Balaban J connectivity index is 1.85. The van der Waals surface area contributed by atoms with Gasteiger partial charge in [0.05, 0.1) is 26.5 Å². The SMILES string of the molecule is CCCNC(c1ncc(OC)nc1OC)C1C2CCCC21. The van der Waals surface area contributed by atoms with Crippen LogP contribution in [-0.2, 0) is 0 Å². The maximum Gasteiger partial charge on any atom is 0.240 e. The van der Waals surface area contributed by atoms with Crippen LogP contribution in [0.15, 0.2) is 6.20 Å². The first-order chi connectivity index (χ1) is 10.3. The molecule has 2 aliphatic carbocycles. The second kappa shape index (κ2) is 6.18. The Kier molecular flexibility index (Phi) is 4.29. The largest absolute Gasteiger partial charge is 0.480 e. The first-order valence-corrected chi connectivity index (χ1v) is 7.98. The second-order valence-electron chi connectivity index (χ2n) is 6.07. The van der Waals surface area contributed by atoms with Gasteiger partial charge in [-0.05, 0) is 43.6 Å². The van der Waals surface area contributed by atoms with Crippen LogP contribution in [-0.4, -0.2) is 30.7 Å². The molecule has 116 valence electrons. The van der Waals surface area contributed by atoms with E-state index in [4.69, 9.17) is 9.47 Å². The van der Waals surface area contributed by atoms with Crippen LogP contribution >= 0.6 is 0 Å². The summed E-state index contributed by atoms with van der Waals surface area (Å²) in [6.07, 6.45) is 6.93. The summed E-state index contributed by atoms with van der Waals surface area (Å²) in [7, 11) is 3.25. The van der Waals surface area contributed by atoms with Gasteiger partial charge in [0.1, 0.15) is 5.69 Å². The Morgan fingerprint density at radius 1 is 1.29 bits per heavy atom. The minimum absolute atomic E-state index is 0.258. The van der Waals surface area contributed by atoms with Crippen molar-refractivity contribution in [1.29, 1.82) is 0 Å². The molecule has 0 radical (unpaired) electrons. The molecule has 0 aliphatic heterocycles. The standard InChI is InChI=1S/C16H25N3O2/c1-4-8-17-14(13-10-6-5-7-11(10)13)15-16(21-3)19-12(20-2)9-18-15/h9-11,13-14,17H,4-8H2,1-3H3. The summed E-state index contributed by atoms with van der Waals surface area (Å²) >= 11 is 0. The second-order valence-corrected chi connectivity index (χ2v) is 6.07. The van der Waals surface area contributed by atoms with E-state index in [0.29, 0.717) is 17.7 Å². The fourth-order valence-electron chi connectivity index (χ4n) is 3.91. The van der Waals surface area contributed by atoms with Crippen LogP contribution in [0.1, 0.15) is 44.3 Å². The van der Waals surface area contributed by atoms with Crippen molar-refractivity contribution in [2.45, 2.75) is 38.6 Å². The van der Waals surface area contributed by atoms with Crippen molar-refractivity contribution < 1.29 is 9.47 Å². The number of hydrogen-bond acceptors (Lipinski definition) is 5. The molecule has 5 nitrogen and oxygen atoms in total. The third kappa shape index (κ3) is 2.71. The molecular weight excluding hydrogens is 266 g/mol. The van der Waals surface area contributed by atoms with Gasteiger partial charge in [0.15, 0.2) is 0 Å². The van der Waals surface area contributed by atoms with Gasteiger partial charge in [-0.3, -0.25) is 0 Å². The number of rotatable bonds is 7. The summed E-state index contributed by atoms with van der Waals surface area (Å²) in [6, 6.07) is 0.258. The lowest BCUT2D eigenvalue weighted by Crippen LogP contribution is -2.27. The number of nitrogens with one attached hydrogen (secondary N) is 1. The average molecular weight is 291 g/mol. The predicted molar refractivity (Wildman–Crippen MR) is 80.5 cm³/mol. The van der Waals surface area contributed by atoms with Crippen LogP contribution in [0.4, 0.5) is 0 Å². The van der Waals surface area contributed by atoms with Crippen LogP contribution in [0, 0.1) is 17.8 Å². The van der Waals surface area contributed by atoms with E-state index in [1.165, 1.54) is 19.3 Å². The summed E-state index contributed by atoms with van der Waals surface area (Å²) in [6.45, 7) is 3.19. The molecule has 0 aromatic carbocycles. The number of methoxy groups -OCH3 is 2. The summed E-state index contributed by atoms with van der Waals surface area (Å²) in [5.41, 5.74) is 0.936. The van der Waals surface area contributed by atoms with Crippen molar-refractivity contribution in [3.8, 4) is 11.8 Å². The lowest BCUT2D eigenvalue weighted by atomic mass is 10.0. The molecule has 1 heterocycles. The molecule has 1 aromatic heterocycles. The van der Waals surface area contributed by atoms with Crippen molar-refractivity contribution in [3.63, 3.8) is 0 Å². The lowest BCUT2D eigenvalue weighted by Gasteiger charge is -2.21. The molecule has 2 fully saturated rings. The molecule has 21 heavy (non-hydrogen) atoms. The first kappa shape index (κ1) is 14.6. The highest BCUT2D eigenvalue weighted by Gasteiger charge is 2.56. The van der Waals surface area contributed by atoms with Crippen LogP contribution in [0.3, 0.4) is 0 Å². The normalized spacial score (nSPS) is 28.0. The number of hydrogen-bond donors (Lipinski definition) is 1. The van der Waals surface area contributed by atoms with Gasteiger partial charge in [0.2, 0.25) is 11.8 Å². The highest BCUT2D eigenvalue weighted by molar-refractivity contribution is 5.28. The summed E-state index contributed by atoms with van der Waals surface area (Å²) < 4.78 is 10.6. The van der Waals surface area contributed by atoms with Crippen LogP contribution in [0.2, 0.25) is 0 Å². The van der Waals surface area contributed by atoms with Crippen molar-refractivity contribution in [3.05, 3.63) is 11.9 Å². The fraction of sp³-hybridized carbons (Fsp3) is 0.750. The zero-order chi connectivity index (χ0) is 14.8. The number of fused-ring (bicyclic) bond motifs is 1. The van der Waals surface area contributed by atoms with E-state index in [1.807, 2.05) is 0 Å². The molecule has 1 aromatic rings. The average Bonchev–Trinajstić information content (AvgIpc) is 2.98. The molecule has 3 unspecified atom stereocenters. The molecule has 3 rings (SSSR count). The Hall–Kier alpha value is -1.36. The number of aromatic nitrogens is 2. The van der Waals surface area contributed by atoms with E-state index < -0.39 is 0 Å². The molecule has 0 saturated heterocycles. The van der Waals surface area contributed by atoms with Gasteiger partial charge in [-0.15, -0.1) is 0 Å². The summed E-state index contributed by atoms with van der Waals surface area (Å²) in [5.74, 6) is 3.52. The highest BCUT2D eigenvalue weighted by Crippen LogP contribution is 2.62. The van der Waals surface area contributed by atoms with Gasteiger partial charge in [0.25, 0.3) is 0 Å². The molecule has 0 spiro atoms. The van der Waals surface area contributed by atoms with Gasteiger partial charge < -0.3 is 14.8 Å². The third-order valence-electron chi connectivity index (χ3n) is 4.91. The summed E-state index contributed by atoms with van der Waals surface area (Å²) in [4.78, 5) is 8.98. The van der Waals surface area contributed by atoms with E-state index in [2.05, 4.69) is 22.2 Å². The predicted octanol–water partition coefficient (Wildman–Crippen LogP) is 2.58. The van der Waals surface area contributed by atoms with E-state index >= 15 is 0 Å². The van der Waals surface area contributed by atoms with E-state index in [9.17, 15) is 0 Å². The minimum atomic E-state index is 0.258. The van der Waals surface area contributed by atoms with Crippen LogP contribution in [0.5, 0.6) is 11.8 Å². The Morgan fingerprint density at radius 2 is 2.05 bits per heavy atom. The van der Waals surface area contributed by atoms with Gasteiger partial charge in [-0.25, -0.2) is 4.98 Å². The minimum Gasteiger partial charge on any atom is -0.480 e. The van der Waals surface area contributed by atoms with Crippen molar-refractivity contribution in [1.82, 2.24) is 15.3 Å². The van der Waals surface area contributed by atoms with Gasteiger partial charge in [0, 0.05) is 0 Å². The summed E-state index contributed by atoms with van der Waals surface area (Å²) in [5, 5.41) is 3.67. The molecule has 1 N–H and O–H groups in total. The Labute approximate surface area is 126 Å². The zero-order valence-corrected chi connectivity index (χ0v) is 13.1. The highest BCUT2D eigenvalue weighted by atomic mass is 16.5. The molecule has 2 aliphatic rings. The lowest BCUT2D eigenvalue weighted by molar-refractivity contribution is 0.337. The molecule has 0 bridgehead atoms. The molecule has 0 amide bonds. The monoisotopic (exact) mass is 291 g/mol. The maximum absolute atomic E-state index is 5.46. The fourth-order valence-corrected chi connectivity index (χ4v) is 3.91. The van der Waals surface area contributed by atoms with Crippen molar-refractivity contribution >= 4 is 0 Å². The van der Waals surface area contributed by atoms with E-state index in [0.717, 1.165) is 30.5 Å². The quantitative estimate of drug-likeness (QED) is 0.837. The topological polar surface area (TPSA) is 56.3 Å². The Morgan fingerprint density at radius 3 is 2.67 bits per heavy atom. The number of ether oxygens (including phenoxy) is 2. The van der Waals surface area contributed by atoms with Crippen LogP contribution < -0.4 is 14.8 Å². The molecule has 5 heteroatoms. The van der Waals surface area contributed by atoms with Crippen molar-refractivity contribution in [2.75, 3.05) is 20.8 Å². The van der Waals surface area contributed by atoms with Gasteiger partial charge >= 0.3 is 0 Å². The molecule has 3 atom stereocenters. The first-order valence-electron chi connectivity index (χ1n) is 7.98. The van der Waals surface area contributed by atoms with E-state index in [-0.39, 0.29) is 6.04 Å². The van der Waals surface area contributed by atoms with Gasteiger partial charge in [-0.1, -0.05) is 13.3 Å². The molecule has 2 saturated carbocycles. The maximum atomic E-state index is 5.46. The van der Waals surface area contributed by atoms with Gasteiger partial charge in [-0.2, -0.15) is 4.98 Å². The smallest absolute Gasteiger partial charge is 0.240 e. The van der Waals surface area contributed by atoms with E-state index in [1.54, 1.807) is 20.4 Å². The Bertz CT molecular complexity index is 484. The molecular formula is C16H25N3O2.